The Kier molecular flexibility index (Phi) is 3.77. The Morgan fingerprint density at radius 1 is 1.11 bits per heavy atom. The van der Waals surface area contributed by atoms with E-state index in [0.29, 0.717) is 24.6 Å². The van der Waals surface area contributed by atoms with Crippen molar-refractivity contribution in [3.63, 3.8) is 0 Å². The molecule has 100 valence electrons. The minimum atomic E-state index is -3.49. The van der Waals surface area contributed by atoms with Gasteiger partial charge in [0.1, 0.15) is 16.4 Å². The molecule has 1 aromatic rings. The molecule has 0 N–H and O–H groups in total. The average molecular weight is 271 g/mol. The summed E-state index contributed by atoms with van der Waals surface area (Å²) in [6, 6.07) is 4.80. The predicted octanol–water partition coefficient (Wildman–Crippen LogP) is 1.49. The van der Waals surface area contributed by atoms with E-state index in [2.05, 4.69) is 0 Å². The fraction of sp³-hybridized carbons (Fsp3) is 0.500. The third-order valence-corrected chi connectivity index (χ3v) is 4.97. The number of methoxy groups -OCH3 is 2. The van der Waals surface area contributed by atoms with E-state index >= 15 is 0 Å². The highest BCUT2D eigenvalue weighted by molar-refractivity contribution is 7.89. The van der Waals surface area contributed by atoms with E-state index in [1.807, 2.05) is 0 Å². The topological polar surface area (TPSA) is 55.8 Å². The fourth-order valence-corrected chi connectivity index (χ4v) is 3.74. The van der Waals surface area contributed by atoms with Crippen molar-refractivity contribution in [3.8, 4) is 11.5 Å². The van der Waals surface area contributed by atoms with Crippen LogP contribution in [-0.2, 0) is 10.0 Å². The number of sulfonamides is 1. The average Bonchev–Trinajstić information content (AvgIpc) is 2.92. The molecule has 0 aromatic heterocycles. The summed E-state index contributed by atoms with van der Waals surface area (Å²) in [5, 5.41) is 0. The van der Waals surface area contributed by atoms with E-state index in [4.69, 9.17) is 9.47 Å². The second-order valence-electron chi connectivity index (χ2n) is 4.13. The molecule has 5 nitrogen and oxygen atoms in total. The number of nitrogens with zero attached hydrogens (tertiary/aromatic N) is 1. The van der Waals surface area contributed by atoms with Gasteiger partial charge in [-0.3, -0.25) is 0 Å². The van der Waals surface area contributed by atoms with Crippen LogP contribution in [0, 0.1) is 0 Å². The maximum atomic E-state index is 12.5. The third-order valence-electron chi connectivity index (χ3n) is 3.05. The number of rotatable bonds is 4. The highest BCUT2D eigenvalue weighted by atomic mass is 32.2. The normalized spacial score (nSPS) is 16.8. The first kappa shape index (κ1) is 13.2. The summed E-state index contributed by atoms with van der Waals surface area (Å²) in [6.07, 6.45) is 1.82. The quantitative estimate of drug-likeness (QED) is 0.832. The molecular formula is C12H17NO4S. The van der Waals surface area contributed by atoms with Crippen LogP contribution in [0.25, 0.3) is 0 Å². The lowest BCUT2D eigenvalue weighted by molar-refractivity contribution is 0.388. The first-order valence-corrected chi connectivity index (χ1v) is 7.26. The minimum absolute atomic E-state index is 0.172. The SMILES string of the molecule is COc1ccc(OC)c(S(=O)(=O)N2CCCC2)c1. The first-order chi connectivity index (χ1) is 8.59. The van der Waals surface area contributed by atoms with E-state index in [1.54, 1.807) is 12.1 Å². The molecule has 0 aliphatic carbocycles. The van der Waals surface area contributed by atoms with Crippen LogP contribution in [0.1, 0.15) is 12.8 Å². The van der Waals surface area contributed by atoms with E-state index in [9.17, 15) is 8.42 Å². The third kappa shape index (κ3) is 2.30. The smallest absolute Gasteiger partial charge is 0.246 e. The van der Waals surface area contributed by atoms with Gasteiger partial charge in [-0.25, -0.2) is 8.42 Å². The Morgan fingerprint density at radius 3 is 2.33 bits per heavy atom. The Morgan fingerprint density at radius 2 is 1.78 bits per heavy atom. The van der Waals surface area contributed by atoms with Gasteiger partial charge in [0, 0.05) is 19.2 Å². The number of ether oxygens (including phenoxy) is 2. The molecule has 1 aromatic carbocycles. The van der Waals surface area contributed by atoms with Crippen molar-refractivity contribution in [2.45, 2.75) is 17.7 Å². The predicted molar refractivity (Wildman–Crippen MR) is 67.5 cm³/mol. The van der Waals surface area contributed by atoms with Crippen molar-refractivity contribution < 1.29 is 17.9 Å². The van der Waals surface area contributed by atoms with Crippen LogP contribution in [0.4, 0.5) is 0 Å². The molecule has 1 aliphatic rings. The fourth-order valence-electron chi connectivity index (χ4n) is 2.05. The lowest BCUT2D eigenvalue weighted by atomic mass is 10.3. The summed E-state index contributed by atoms with van der Waals surface area (Å²) >= 11 is 0. The van der Waals surface area contributed by atoms with Gasteiger partial charge in [-0.1, -0.05) is 0 Å². The van der Waals surface area contributed by atoms with Gasteiger partial charge in [0.2, 0.25) is 10.0 Å². The number of hydrogen-bond acceptors (Lipinski definition) is 4. The molecule has 6 heteroatoms. The zero-order valence-corrected chi connectivity index (χ0v) is 11.4. The number of benzene rings is 1. The molecule has 1 heterocycles. The van der Waals surface area contributed by atoms with Gasteiger partial charge in [0.25, 0.3) is 0 Å². The summed E-state index contributed by atoms with van der Waals surface area (Å²) in [4.78, 5) is 0.172. The van der Waals surface area contributed by atoms with Crippen molar-refractivity contribution in [2.75, 3.05) is 27.3 Å². The van der Waals surface area contributed by atoms with Crippen LogP contribution >= 0.6 is 0 Å². The van der Waals surface area contributed by atoms with Gasteiger partial charge >= 0.3 is 0 Å². The van der Waals surface area contributed by atoms with E-state index in [-0.39, 0.29) is 4.90 Å². The van der Waals surface area contributed by atoms with Crippen LogP contribution < -0.4 is 9.47 Å². The van der Waals surface area contributed by atoms with Gasteiger partial charge in [0.05, 0.1) is 14.2 Å². The highest BCUT2D eigenvalue weighted by Crippen LogP contribution is 2.31. The van der Waals surface area contributed by atoms with Crippen molar-refractivity contribution >= 4 is 10.0 Å². The molecule has 1 fully saturated rings. The van der Waals surface area contributed by atoms with Crippen LogP contribution in [-0.4, -0.2) is 40.0 Å². The lowest BCUT2D eigenvalue weighted by Crippen LogP contribution is -2.28. The molecule has 0 spiro atoms. The first-order valence-electron chi connectivity index (χ1n) is 5.82. The zero-order valence-electron chi connectivity index (χ0n) is 10.5. The van der Waals surface area contributed by atoms with E-state index < -0.39 is 10.0 Å². The monoisotopic (exact) mass is 271 g/mol. The van der Waals surface area contributed by atoms with E-state index in [1.165, 1.54) is 24.6 Å². The largest absolute Gasteiger partial charge is 0.497 e. The summed E-state index contributed by atoms with van der Waals surface area (Å²) < 4.78 is 36.6. The maximum Gasteiger partial charge on any atom is 0.246 e. The van der Waals surface area contributed by atoms with Gasteiger partial charge in [0.15, 0.2) is 0 Å². The van der Waals surface area contributed by atoms with Crippen LogP contribution in [0.3, 0.4) is 0 Å². The number of hydrogen-bond donors (Lipinski definition) is 0. The Labute approximate surface area is 107 Å². The molecule has 2 rings (SSSR count). The van der Waals surface area contributed by atoms with Crippen LogP contribution in [0.2, 0.25) is 0 Å². The molecule has 0 atom stereocenters. The van der Waals surface area contributed by atoms with Gasteiger partial charge in [-0.15, -0.1) is 0 Å². The van der Waals surface area contributed by atoms with Gasteiger partial charge in [-0.2, -0.15) is 4.31 Å². The van der Waals surface area contributed by atoms with Crippen molar-refractivity contribution in [3.05, 3.63) is 18.2 Å². The molecule has 0 bridgehead atoms. The standard InChI is InChI=1S/C12H17NO4S/c1-16-10-5-6-11(17-2)12(9-10)18(14,15)13-7-3-4-8-13/h5-6,9H,3-4,7-8H2,1-2H3. The molecule has 0 amide bonds. The molecule has 18 heavy (non-hydrogen) atoms. The van der Waals surface area contributed by atoms with Gasteiger partial charge in [-0.05, 0) is 25.0 Å². The summed E-state index contributed by atoms with van der Waals surface area (Å²) in [7, 11) is -0.515. The second kappa shape index (κ2) is 5.16. The van der Waals surface area contributed by atoms with Gasteiger partial charge < -0.3 is 9.47 Å². The van der Waals surface area contributed by atoms with Crippen molar-refractivity contribution in [2.24, 2.45) is 0 Å². The molecular weight excluding hydrogens is 254 g/mol. The molecule has 0 saturated carbocycles. The Bertz CT molecular complexity index is 521. The summed E-state index contributed by atoms with van der Waals surface area (Å²) in [6.45, 7) is 1.14. The Balaban J connectivity index is 2.47. The highest BCUT2D eigenvalue weighted by Gasteiger charge is 2.30. The summed E-state index contributed by atoms with van der Waals surface area (Å²) in [5.41, 5.74) is 0. The molecule has 1 saturated heterocycles. The van der Waals surface area contributed by atoms with Crippen LogP contribution in [0.15, 0.2) is 23.1 Å². The second-order valence-corrected chi connectivity index (χ2v) is 6.03. The van der Waals surface area contributed by atoms with Crippen LogP contribution in [0.5, 0.6) is 11.5 Å². The summed E-state index contributed by atoms with van der Waals surface area (Å²) in [5.74, 6) is 0.858. The van der Waals surface area contributed by atoms with Crippen molar-refractivity contribution in [1.82, 2.24) is 4.31 Å². The molecule has 0 unspecified atom stereocenters. The minimum Gasteiger partial charge on any atom is -0.497 e. The molecule has 0 radical (unpaired) electrons. The Hall–Kier alpha value is -1.27. The lowest BCUT2D eigenvalue weighted by Gasteiger charge is -2.18. The molecule has 1 aliphatic heterocycles. The van der Waals surface area contributed by atoms with E-state index in [0.717, 1.165) is 12.8 Å². The maximum absolute atomic E-state index is 12.5. The van der Waals surface area contributed by atoms with Crippen molar-refractivity contribution in [1.29, 1.82) is 0 Å². The zero-order chi connectivity index (χ0) is 13.2.